The lowest BCUT2D eigenvalue weighted by molar-refractivity contribution is 0.0938. The number of hydrogen-bond acceptors (Lipinski definition) is 3. The van der Waals surface area contributed by atoms with Crippen LogP contribution in [0.4, 0.5) is 5.69 Å². The Bertz CT molecular complexity index is 397. The fraction of sp³-hybridized carbons (Fsp3) is 0.462. The molecule has 0 bridgehead atoms. The molecule has 4 nitrogen and oxygen atoms in total. The van der Waals surface area contributed by atoms with Crippen LogP contribution in [0, 0.1) is 0 Å². The Kier molecular flexibility index (Phi) is 6.54. The maximum absolute atomic E-state index is 12.0. The summed E-state index contributed by atoms with van der Waals surface area (Å²) < 4.78 is 4.89. The second-order valence-corrected chi connectivity index (χ2v) is 4.30. The number of hydrogen-bond donors (Lipinski definition) is 2. The van der Waals surface area contributed by atoms with Gasteiger partial charge in [-0.05, 0) is 24.6 Å². The summed E-state index contributed by atoms with van der Waals surface area (Å²) >= 11 is 5.92. The quantitative estimate of drug-likeness (QED) is 0.749. The van der Waals surface area contributed by atoms with Gasteiger partial charge in [0.2, 0.25) is 0 Å². The summed E-state index contributed by atoms with van der Waals surface area (Å²) in [6.45, 7) is 3.86. The van der Waals surface area contributed by atoms with Crippen LogP contribution in [0.5, 0.6) is 0 Å². The van der Waals surface area contributed by atoms with E-state index in [1.807, 2.05) is 6.07 Å². The monoisotopic (exact) mass is 270 g/mol. The van der Waals surface area contributed by atoms with Crippen molar-refractivity contribution in [1.82, 2.24) is 5.32 Å². The van der Waals surface area contributed by atoms with Gasteiger partial charge in [-0.25, -0.2) is 0 Å². The summed E-state index contributed by atoms with van der Waals surface area (Å²) in [4.78, 5) is 12.0. The molecule has 0 atom stereocenters. The molecule has 0 radical (unpaired) electrons. The Balaban J connectivity index is 2.76. The van der Waals surface area contributed by atoms with Crippen LogP contribution in [-0.4, -0.2) is 32.7 Å². The lowest BCUT2D eigenvalue weighted by atomic mass is 10.1. The number of methoxy groups -OCH3 is 1. The molecule has 0 fully saturated rings. The summed E-state index contributed by atoms with van der Waals surface area (Å²) in [7, 11) is 1.60. The number of amides is 1. The highest BCUT2D eigenvalue weighted by Gasteiger charge is 2.11. The molecule has 0 heterocycles. The smallest absolute Gasteiger partial charge is 0.253 e. The van der Waals surface area contributed by atoms with Crippen LogP contribution in [0.15, 0.2) is 18.2 Å². The lowest BCUT2D eigenvalue weighted by Gasteiger charge is -2.12. The predicted molar refractivity (Wildman–Crippen MR) is 74.4 cm³/mol. The third kappa shape index (κ3) is 4.55. The van der Waals surface area contributed by atoms with Gasteiger partial charge in [0.05, 0.1) is 12.2 Å². The average Bonchev–Trinajstić information content (AvgIpc) is 2.37. The molecule has 1 amide bonds. The molecular formula is C13H19ClN2O2. The van der Waals surface area contributed by atoms with Gasteiger partial charge in [-0.1, -0.05) is 18.5 Å². The molecule has 5 heteroatoms. The highest BCUT2D eigenvalue weighted by Crippen LogP contribution is 2.20. The van der Waals surface area contributed by atoms with Crippen molar-refractivity contribution in [2.24, 2.45) is 0 Å². The molecule has 0 aromatic heterocycles. The van der Waals surface area contributed by atoms with Gasteiger partial charge in [-0.2, -0.15) is 0 Å². The van der Waals surface area contributed by atoms with E-state index in [1.54, 1.807) is 19.2 Å². The molecule has 0 aliphatic carbocycles. The normalized spacial score (nSPS) is 10.2. The molecule has 100 valence electrons. The molecule has 1 aromatic rings. The number of anilines is 1. The molecule has 0 saturated heterocycles. The average molecular weight is 271 g/mol. The van der Waals surface area contributed by atoms with Crippen LogP contribution in [0.3, 0.4) is 0 Å². The minimum Gasteiger partial charge on any atom is -0.384 e. The minimum absolute atomic E-state index is 0.145. The first-order valence-electron chi connectivity index (χ1n) is 5.99. The molecular weight excluding hydrogens is 252 g/mol. The molecule has 0 unspecified atom stereocenters. The van der Waals surface area contributed by atoms with E-state index in [1.165, 1.54) is 0 Å². The second-order valence-electron chi connectivity index (χ2n) is 3.87. The van der Waals surface area contributed by atoms with E-state index in [0.29, 0.717) is 23.7 Å². The Morgan fingerprint density at radius 1 is 1.39 bits per heavy atom. The van der Waals surface area contributed by atoms with Crippen LogP contribution in [0.1, 0.15) is 23.7 Å². The Hall–Kier alpha value is -1.26. The van der Waals surface area contributed by atoms with Crippen molar-refractivity contribution >= 4 is 23.2 Å². The number of benzene rings is 1. The first-order chi connectivity index (χ1) is 8.69. The van der Waals surface area contributed by atoms with Gasteiger partial charge in [-0.15, -0.1) is 0 Å². The van der Waals surface area contributed by atoms with Crippen LogP contribution in [-0.2, 0) is 4.74 Å². The maximum atomic E-state index is 12.0. The van der Waals surface area contributed by atoms with Crippen LogP contribution < -0.4 is 10.6 Å². The van der Waals surface area contributed by atoms with Crippen LogP contribution in [0.25, 0.3) is 0 Å². The topological polar surface area (TPSA) is 50.4 Å². The van der Waals surface area contributed by atoms with Crippen molar-refractivity contribution in [2.75, 3.05) is 32.1 Å². The number of halogens is 1. The van der Waals surface area contributed by atoms with Crippen molar-refractivity contribution < 1.29 is 9.53 Å². The minimum atomic E-state index is -0.145. The summed E-state index contributed by atoms with van der Waals surface area (Å²) in [5, 5.41) is 6.54. The van der Waals surface area contributed by atoms with Crippen LogP contribution in [0.2, 0.25) is 5.02 Å². The zero-order chi connectivity index (χ0) is 13.4. The molecule has 1 rings (SSSR count). The fourth-order valence-electron chi connectivity index (χ4n) is 1.48. The zero-order valence-electron chi connectivity index (χ0n) is 10.8. The number of nitrogens with one attached hydrogen (secondary N) is 2. The molecule has 2 N–H and O–H groups in total. The second kappa shape index (κ2) is 7.95. The number of rotatable bonds is 7. The summed E-state index contributed by atoms with van der Waals surface area (Å²) in [5.41, 5.74) is 1.36. The number of ether oxygens (including phenoxy) is 1. The maximum Gasteiger partial charge on any atom is 0.253 e. The van der Waals surface area contributed by atoms with Gasteiger partial charge >= 0.3 is 0 Å². The molecule has 18 heavy (non-hydrogen) atoms. The first kappa shape index (κ1) is 14.8. The van der Waals surface area contributed by atoms with Crippen LogP contribution >= 0.6 is 11.6 Å². The van der Waals surface area contributed by atoms with Gasteiger partial charge in [0.25, 0.3) is 5.91 Å². The van der Waals surface area contributed by atoms with Crippen molar-refractivity contribution in [3.05, 3.63) is 28.8 Å². The Morgan fingerprint density at radius 2 is 2.17 bits per heavy atom. The number of carbonyl (C=O) groups excluding carboxylic acids is 1. The molecule has 0 spiro atoms. The van der Waals surface area contributed by atoms with E-state index < -0.39 is 0 Å². The predicted octanol–water partition coefficient (Wildman–Crippen LogP) is 2.54. The first-order valence-corrected chi connectivity index (χ1v) is 6.37. The lowest BCUT2D eigenvalue weighted by Crippen LogP contribution is -2.27. The van der Waals surface area contributed by atoms with Gasteiger partial charge in [0.15, 0.2) is 0 Å². The molecule has 0 aliphatic rings. The van der Waals surface area contributed by atoms with Crippen molar-refractivity contribution in [1.29, 1.82) is 0 Å². The summed E-state index contributed by atoms with van der Waals surface area (Å²) in [5.74, 6) is -0.145. The van der Waals surface area contributed by atoms with E-state index in [9.17, 15) is 4.79 Å². The van der Waals surface area contributed by atoms with Crippen molar-refractivity contribution in [2.45, 2.75) is 13.3 Å². The van der Waals surface area contributed by atoms with Gasteiger partial charge in [0, 0.05) is 30.9 Å². The third-order valence-corrected chi connectivity index (χ3v) is 2.62. The van der Waals surface area contributed by atoms with Gasteiger partial charge in [-0.3, -0.25) is 4.79 Å². The Morgan fingerprint density at radius 3 is 2.83 bits per heavy atom. The van der Waals surface area contributed by atoms with E-state index in [2.05, 4.69) is 17.6 Å². The van der Waals surface area contributed by atoms with Crippen molar-refractivity contribution in [3.63, 3.8) is 0 Å². The zero-order valence-corrected chi connectivity index (χ0v) is 11.5. The summed E-state index contributed by atoms with van der Waals surface area (Å²) in [6.07, 6.45) is 0.993. The van der Waals surface area contributed by atoms with E-state index in [4.69, 9.17) is 16.3 Å². The molecule has 0 aliphatic heterocycles. The fourth-order valence-corrected chi connectivity index (χ4v) is 1.65. The van der Waals surface area contributed by atoms with Gasteiger partial charge < -0.3 is 15.4 Å². The number of carbonyl (C=O) groups is 1. The molecule has 1 aromatic carbocycles. The largest absolute Gasteiger partial charge is 0.384 e. The van der Waals surface area contributed by atoms with E-state index in [0.717, 1.165) is 18.7 Å². The summed E-state index contributed by atoms with van der Waals surface area (Å²) in [6, 6.07) is 5.26. The Labute approximate surface area is 113 Å². The van der Waals surface area contributed by atoms with E-state index >= 15 is 0 Å². The highest BCUT2D eigenvalue weighted by molar-refractivity contribution is 6.31. The van der Waals surface area contributed by atoms with Crippen molar-refractivity contribution in [3.8, 4) is 0 Å². The SMILES string of the molecule is CCCNc1ccc(Cl)cc1C(=O)NCCOC. The third-order valence-electron chi connectivity index (χ3n) is 2.38. The van der Waals surface area contributed by atoms with E-state index in [-0.39, 0.29) is 5.91 Å². The van der Waals surface area contributed by atoms with Gasteiger partial charge in [0.1, 0.15) is 0 Å². The molecule has 0 saturated carbocycles. The highest BCUT2D eigenvalue weighted by atomic mass is 35.5. The standard InChI is InChI=1S/C13H19ClN2O2/c1-3-6-15-12-5-4-10(14)9-11(12)13(17)16-7-8-18-2/h4-5,9,15H,3,6-8H2,1-2H3,(H,16,17).